The number of amides is 1. The molecule has 1 fully saturated rings. The number of carbonyl (C=O) groups excluding carboxylic acids is 1. The van der Waals surface area contributed by atoms with Crippen molar-refractivity contribution < 1.29 is 18.3 Å². The normalized spacial score (nSPS) is 16.5. The Morgan fingerprint density at radius 2 is 1.90 bits per heavy atom. The molecule has 0 unspecified atom stereocenters. The van der Waals surface area contributed by atoms with Crippen molar-refractivity contribution >= 4 is 33.7 Å². The molecule has 0 bridgehead atoms. The molecule has 42 heavy (non-hydrogen) atoms. The fourth-order valence-corrected chi connectivity index (χ4v) is 5.05. The molecule has 10 nitrogen and oxygen atoms in total. The number of benzene rings is 2. The van der Waals surface area contributed by atoms with E-state index in [1.54, 1.807) is 47.1 Å². The quantitative estimate of drug-likeness (QED) is 0.265. The minimum Gasteiger partial charge on any atom is -0.454 e. The van der Waals surface area contributed by atoms with Crippen molar-refractivity contribution in [1.29, 1.82) is 0 Å². The molecule has 1 saturated heterocycles. The number of hydrogen-bond acceptors (Lipinski definition) is 8. The highest BCUT2D eigenvalue weighted by Crippen LogP contribution is 2.32. The lowest BCUT2D eigenvalue weighted by Crippen LogP contribution is -2.26. The van der Waals surface area contributed by atoms with Gasteiger partial charge in [0.25, 0.3) is 5.91 Å². The Hall–Kier alpha value is -4.84. The fraction of sp³-hybridized carbons (Fsp3) is 0.267. The molecule has 214 valence electrons. The summed E-state index contributed by atoms with van der Waals surface area (Å²) in [5, 5.41) is 8.57. The largest absolute Gasteiger partial charge is 0.454 e. The molecule has 3 aromatic heterocycles. The lowest BCUT2D eigenvalue weighted by Gasteiger charge is -2.16. The van der Waals surface area contributed by atoms with Gasteiger partial charge in [0.1, 0.15) is 29.2 Å². The smallest absolute Gasteiger partial charge is 0.255 e. The average molecular weight is 571 g/mol. The van der Waals surface area contributed by atoms with Crippen molar-refractivity contribution in [1.82, 2.24) is 34.8 Å². The van der Waals surface area contributed by atoms with E-state index >= 15 is 8.78 Å². The van der Waals surface area contributed by atoms with Gasteiger partial charge in [-0.1, -0.05) is 18.2 Å². The fourth-order valence-electron chi connectivity index (χ4n) is 5.05. The van der Waals surface area contributed by atoms with E-state index in [4.69, 9.17) is 4.74 Å². The van der Waals surface area contributed by atoms with Crippen molar-refractivity contribution in [3.63, 3.8) is 0 Å². The number of nitrogens with zero attached hydrogens (tertiary/aromatic N) is 8. The van der Waals surface area contributed by atoms with Crippen LogP contribution < -0.4 is 9.64 Å². The second-order valence-electron chi connectivity index (χ2n) is 10.6. The highest BCUT2D eigenvalue weighted by atomic mass is 19.1. The van der Waals surface area contributed by atoms with E-state index in [-0.39, 0.29) is 29.6 Å². The van der Waals surface area contributed by atoms with Gasteiger partial charge in [-0.15, -0.1) is 5.10 Å². The molecule has 1 amide bonds. The number of rotatable bonds is 7. The topological polar surface area (TPSA) is 102 Å². The van der Waals surface area contributed by atoms with E-state index in [9.17, 15) is 4.79 Å². The summed E-state index contributed by atoms with van der Waals surface area (Å²) in [4.78, 5) is 30.0. The summed E-state index contributed by atoms with van der Waals surface area (Å²) in [6.07, 6.45) is 4.87. The van der Waals surface area contributed by atoms with Crippen LogP contribution in [0.5, 0.6) is 11.5 Å². The zero-order valence-electron chi connectivity index (χ0n) is 23.5. The van der Waals surface area contributed by atoms with Crippen LogP contribution in [0.15, 0.2) is 60.6 Å². The first kappa shape index (κ1) is 27.3. The second-order valence-corrected chi connectivity index (χ2v) is 10.6. The number of aryl methyl sites for hydroxylation is 1. The first-order chi connectivity index (χ1) is 20.2. The number of likely N-dealkylation sites (N-methyl/N-ethyl adjacent to an activating group) is 1. The molecule has 0 saturated carbocycles. The summed E-state index contributed by atoms with van der Waals surface area (Å²) in [5.41, 5.74) is 3.21. The van der Waals surface area contributed by atoms with E-state index in [1.165, 1.54) is 6.33 Å². The number of anilines is 1. The van der Waals surface area contributed by atoms with Crippen LogP contribution in [0, 0.1) is 17.6 Å². The molecule has 2 aromatic carbocycles. The zero-order chi connectivity index (χ0) is 29.5. The van der Waals surface area contributed by atoms with Crippen LogP contribution in [0.2, 0.25) is 0 Å². The third-order valence-corrected chi connectivity index (χ3v) is 7.29. The van der Waals surface area contributed by atoms with Crippen molar-refractivity contribution in [3.8, 4) is 11.5 Å². The van der Waals surface area contributed by atoms with Crippen molar-refractivity contribution in [2.24, 2.45) is 13.0 Å². The number of pyridine rings is 1. The third-order valence-electron chi connectivity index (χ3n) is 7.29. The maximum atomic E-state index is 15.3. The summed E-state index contributed by atoms with van der Waals surface area (Å²) in [6, 6.07) is 8.86. The molecule has 1 atom stereocenters. The van der Waals surface area contributed by atoms with Crippen LogP contribution in [0.25, 0.3) is 21.9 Å². The third kappa shape index (κ3) is 5.16. The lowest BCUT2D eigenvalue weighted by molar-refractivity contribution is -0.114. The summed E-state index contributed by atoms with van der Waals surface area (Å²) >= 11 is 0. The Bertz CT molecular complexity index is 1870. The van der Waals surface area contributed by atoms with Crippen molar-refractivity contribution in [2.75, 3.05) is 32.1 Å². The van der Waals surface area contributed by atoms with E-state index < -0.39 is 11.6 Å². The number of carbonyl (C=O) groups is 1. The number of fused-ring (bicyclic) bond motifs is 2. The first-order valence-electron chi connectivity index (χ1n) is 13.4. The van der Waals surface area contributed by atoms with Gasteiger partial charge >= 0.3 is 0 Å². The number of hydrogen-bond donors (Lipinski definition) is 0. The van der Waals surface area contributed by atoms with E-state index in [0.29, 0.717) is 46.8 Å². The van der Waals surface area contributed by atoms with Gasteiger partial charge in [0.15, 0.2) is 11.6 Å². The highest BCUT2D eigenvalue weighted by molar-refractivity contribution is 6.08. The molecule has 0 spiro atoms. The molecule has 0 aliphatic carbocycles. The molecular formula is C30H28F2N8O2. The summed E-state index contributed by atoms with van der Waals surface area (Å²) < 4.78 is 37.7. The molecule has 0 N–H and O–H groups in total. The molecule has 4 heterocycles. The van der Waals surface area contributed by atoms with E-state index in [0.717, 1.165) is 23.2 Å². The Morgan fingerprint density at radius 1 is 1.07 bits per heavy atom. The SMILES string of the molecule is C[C@H]1CN(c2cc3c(Cc4cc(F)c(Oc5ccc6c(c5)nnn6C)cc4F)ncnc3cn2)C(=O)/C1=C/CN(C)C. The van der Waals surface area contributed by atoms with Gasteiger partial charge in [-0.2, -0.15) is 0 Å². The van der Waals surface area contributed by atoms with Gasteiger partial charge in [0.2, 0.25) is 0 Å². The van der Waals surface area contributed by atoms with Crippen molar-refractivity contribution in [2.45, 2.75) is 13.3 Å². The minimum atomic E-state index is -0.722. The molecule has 6 rings (SSSR count). The summed E-state index contributed by atoms with van der Waals surface area (Å²) in [6.45, 7) is 3.16. The minimum absolute atomic E-state index is 0.00456. The Morgan fingerprint density at radius 3 is 2.71 bits per heavy atom. The summed E-state index contributed by atoms with van der Waals surface area (Å²) in [7, 11) is 5.65. The molecule has 0 radical (unpaired) electrons. The van der Waals surface area contributed by atoms with Crippen LogP contribution >= 0.6 is 0 Å². The van der Waals surface area contributed by atoms with Crippen LogP contribution in [-0.4, -0.2) is 67.9 Å². The predicted octanol–water partition coefficient (Wildman–Crippen LogP) is 4.44. The van der Waals surface area contributed by atoms with E-state index in [2.05, 4.69) is 25.3 Å². The van der Waals surface area contributed by atoms with Gasteiger partial charge in [0.05, 0.1) is 22.9 Å². The van der Waals surface area contributed by atoms with Gasteiger partial charge in [-0.25, -0.2) is 28.4 Å². The van der Waals surface area contributed by atoms with Gasteiger partial charge < -0.3 is 9.64 Å². The lowest BCUT2D eigenvalue weighted by atomic mass is 10.0. The predicted molar refractivity (Wildman–Crippen MR) is 153 cm³/mol. The average Bonchev–Trinajstić information content (AvgIpc) is 3.47. The maximum Gasteiger partial charge on any atom is 0.255 e. The number of halogens is 2. The maximum absolute atomic E-state index is 15.3. The second kappa shape index (κ2) is 10.9. The Labute approximate surface area is 240 Å². The van der Waals surface area contributed by atoms with Crippen molar-refractivity contribution in [3.05, 3.63) is 83.5 Å². The Kier molecular flexibility index (Phi) is 7.07. The molecule has 1 aliphatic heterocycles. The summed E-state index contributed by atoms with van der Waals surface area (Å²) in [5.74, 6) is -0.912. The van der Waals surface area contributed by atoms with Gasteiger partial charge in [0, 0.05) is 55.6 Å². The molecule has 5 aromatic rings. The monoisotopic (exact) mass is 570 g/mol. The van der Waals surface area contributed by atoms with Crippen LogP contribution in [0.3, 0.4) is 0 Å². The van der Waals surface area contributed by atoms with Gasteiger partial charge in [-0.3, -0.25) is 9.69 Å². The highest BCUT2D eigenvalue weighted by Gasteiger charge is 2.34. The number of ether oxygens (including phenoxy) is 1. The van der Waals surface area contributed by atoms with Crippen LogP contribution in [0.1, 0.15) is 18.2 Å². The van der Waals surface area contributed by atoms with Gasteiger partial charge in [-0.05, 0) is 43.9 Å². The van der Waals surface area contributed by atoms with Crippen LogP contribution in [0.4, 0.5) is 14.6 Å². The van der Waals surface area contributed by atoms with Crippen LogP contribution in [-0.2, 0) is 18.3 Å². The number of aromatic nitrogens is 6. The zero-order valence-corrected chi connectivity index (χ0v) is 23.5. The molecular weight excluding hydrogens is 542 g/mol. The Balaban J connectivity index is 1.27. The first-order valence-corrected chi connectivity index (χ1v) is 13.4. The molecule has 1 aliphatic rings. The van der Waals surface area contributed by atoms with E-state index in [1.807, 2.05) is 32.0 Å². The standard InChI is InChI=1S/C30H28F2N8O2/c1-17-15-40(30(41)20(17)7-8-38(2)3)29-12-21-24(34-16-35-26(21)14-33-29)10-18-9-23(32)28(13-22(18)31)42-19-5-6-27-25(11-19)36-37-39(27)4/h5-7,9,11-14,16-17H,8,10,15H2,1-4H3/b20-7+/t17-/m0/s1. The molecule has 12 heteroatoms.